The van der Waals surface area contributed by atoms with Gasteiger partial charge in [0.25, 0.3) is 0 Å². The van der Waals surface area contributed by atoms with E-state index in [9.17, 15) is 8.42 Å². The summed E-state index contributed by atoms with van der Waals surface area (Å²) < 4.78 is 25.4. The van der Waals surface area contributed by atoms with Gasteiger partial charge in [0.15, 0.2) is 0 Å². The van der Waals surface area contributed by atoms with Crippen molar-refractivity contribution in [2.24, 2.45) is 0 Å². The van der Waals surface area contributed by atoms with Crippen molar-refractivity contribution >= 4 is 21.6 Å². The molecule has 1 atom stereocenters. The van der Waals surface area contributed by atoms with E-state index in [1.54, 1.807) is 6.92 Å². The largest absolute Gasteiger partial charge is 0.395 e. The number of aliphatic hydroxyl groups excluding tert-OH is 1. The number of hydrogen-bond acceptors (Lipinski definition) is 4. The van der Waals surface area contributed by atoms with Gasteiger partial charge in [0.2, 0.25) is 10.0 Å². The molecule has 0 saturated carbocycles. The van der Waals surface area contributed by atoms with Gasteiger partial charge in [0.1, 0.15) is 4.90 Å². The summed E-state index contributed by atoms with van der Waals surface area (Å²) in [6.07, 6.45) is 0. The fraction of sp³-hybridized carbons (Fsp3) is 0.364. The van der Waals surface area contributed by atoms with Crippen molar-refractivity contribution in [3.63, 3.8) is 0 Å². The molecule has 0 saturated heterocycles. The molecule has 0 aliphatic heterocycles. The van der Waals surface area contributed by atoms with Crippen LogP contribution in [0.1, 0.15) is 12.5 Å². The van der Waals surface area contributed by atoms with Crippen LogP contribution in [-0.4, -0.2) is 37.5 Å². The number of sulfonamides is 1. The number of halogens is 1. The van der Waals surface area contributed by atoms with Crippen LogP contribution < -0.4 is 0 Å². The third kappa shape index (κ3) is 2.82. The van der Waals surface area contributed by atoms with Crippen LogP contribution in [-0.2, 0) is 10.0 Å². The minimum Gasteiger partial charge on any atom is -0.395 e. The van der Waals surface area contributed by atoms with Crippen LogP contribution in [0.4, 0.5) is 0 Å². The molecule has 1 N–H and O–H groups in total. The van der Waals surface area contributed by atoms with E-state index in [2.05, 4.69) is 0 Å². The molecule has 98 valence electrons. The van der Waals surface area contributed by atoms with Crippen LogP contribution in [0.2, 0.25) is 5.02 Å². The monoisotopic (exact) mass is 288 g/mol. The Morgan fingerprint density at radius 1 is 1.56 bits per heavy atom. The lowest BCUT2D eigenvalue weighted by Gasteiger charge is -2.23. The van der Waals surface area contributed by atoms with E-state index in [4.69, 9.17) is 22.0 Å². The van der Waals surface area contributed by atoms with Crippen LogP contribution in [0.25, 0.3) is 0 Å². The molecule has 0 aliphatic carbocycles. The Morgan fingerprint density at radius 3 is 2.61 bits per heavy atom. The Balaban J connectivity index is 3.26. The summed E-state index contributed by atoms with van der Waals surface area (Å²) in [5, 5.41) is 17.7. The Hall–Kier alpha value is -1.13. The van der Waals surface area contributed by atoms with Gasteiger partial charge in [-0.2, -0.15) is 9.57 Å². The minimum atomic E-state index is -3.77. The van der Waals surface area contributed by atoms with Crippen LogP contribution in [0, 0.1) is 11.3 Å². The molecule has 0 aliphatic rings. The van der Waals surface area contributed by atoms with Gasteiger partial charge in [-0.15, -0.1) is 0 Å². The van der Waals surface area contributed by atoms with Crippen molar-refractivity contribution in [1.82, 2.24) is 4.31 Å². The zero-order chi connectivity index (χ0) is 13.9. The Labute approximate surface area is 111 Å². The maximum absolute atomic E-state index is 12.2. The average molecular weight is 289 g/mol. The molecular weight excluding hydrogens is 276 g/mol. The first-order chi connectivity index (χ1) is 8.34. The highest BCUT2D eigenvalue weighted by molar-refractivity contribution is 7.89. The van der Waals surface area contributed by atoms with E-state index in [1.165, 1.54) is 25.2 Å². The van der Waals surface area contributed by atoms with Crippen molar-refractivity contribution in [3.05, 3.63) is 28.8 Å². The molecule has 0 bridgehead atoms. The smallest absolute Gasteiger partial charge is 0.244 e. The number of nitriles is 1. The van der Waals surface area contributed by atoms with Crippen molar-refractivity contribution in [1.29, 1.82) is 5.26 Å². The lowest BCUT2D eigenvalue weighted by Crippen LogP contribution is -2.37. The summed E-state index contributed by atoms with van der Waals surface area (Å²) in [4.78, 5) is -0.0778. The number of aliphatic hydroxyl groups is 1. The second kappa shape index (κ2) is 5.67. The molecule has 7 heteroatoms. The molecule has 0 aromatic heterocycles. The normalized spacial score (nSPS) is 13.3. The van der Waals surface area contributed by atoms with Gasteiger partial charge < -0.3 is 5.11 Å². The average Bonchev–Trinajstić information content (AvgIpc) is 2.36. The molecule has 1 rings (SSSR count). The maximum atomic E-state index is 12.2. The van der Waals surface area contributed by atoms with E-state index in [1.807, 2.05) is 6.07 Å². The Bertz CT molecular complexity index is 580. The van der Waals surface area contributed by atoms with Crippen molar-refractivity contribution in [3.8, 4) is 6.07 Å². The highest BCUT2D eigenvalue weighted by Crippen LogP contribution is 2.25. The molecular formula is C11H13ClN2O3S. The number of hydrogen-bond donors (Lipinski definition) is 1. The molecule has 0 spiro atoms. The van der Waals surface area contributed by atoms with E-state index in [-0.39, 0.29) is 22.1 Å². The number of rotatable bonds is 4. The summed E-state index contributed by atoms with van der Waals surface area (Å²) in [6, 6.07) is 5.29. The standard InChI is InChI=1S/C11H13ClN2O3S/c1-8(7-15)14(2)18(16,17)11-4-3-9(6-13)5-10(11)12/h3-5,8,15H,7H2,1-2H3. The zero-order valence-corrected chi connectivity index (χ0v) is 11.5. The Kier molecular flexibility index (Phi) is 4.71. The third-order valence-corrected chi connectivity index (χ3v) is 5.06. The van der Waals surface area contributed by atoms with Gasteiger partial charge >= 0.3 is 0 Å². The zero-order valence-electron chi connectivity index (χ0n) is 9.96. The first kappa shape index (κ1) is 14.9. The van der Waals surface area contributed by atoms with Gasteiger partial charge in [-0.05, 0) is 25.1 Å². The third-order valence-electron chi connectivity index (χ3n) is 2.60. The van der Waals surface area contributed by atoms with E-state index < -0.39 is 16.1 Å². The highest BCUT2D eigenvalue weighted by atomic mass is 35.5. The maximum Gasteiger partial charge on any atom is 0.244 e. The molecule has 0 heterocycles. The van der Waals surface area contributed by atoms with E-state index in [0.29, 0.717) is 0 Å². The summed E-state index contributed by atoms with van der Waals surface area (Å²) in [6.45, 7) is 1.29. The number of benzene rings is 1. The summed E-state index contributed by atoms with van der Waals surface area (Å²) in [5.74, 6) is 0. The highest BCUT2D eigenvalue weighted by Gasteiger charge is 2.27. The predicted octanol–water partition coefficient (Wildman–Crippen LogP) is 1.21. The summed E-state index contributed by atoms with van der Waals surface area (Å²) in [5.41, 5.74) is 0.289. The molecule has 1 unspecified atom stereocenters. The Morgan fingerprint density at radius 2 is 2.17 bits per heavy atom. The summed E-state index contributed by atoms with van der Waals surface area (Å²) >= 11 is 5.87. The van der Waals surface area contributed by atoms with Gasteiger partial charge in [-0.1, -0.05) is 11.6 Å². The number of likely N-dealkylation sites (N-methyl/N-ethyl adjacent to an activating group) is 1. The topological polar surface area (TPSA) is 81.4 Å². The fourth-order valence-electron chi connectivity index (χ4n) is 1.29. The van der Waals surface area contributed by atoms with Crippen molar-refractivity contribution in [2.45, 2.75) is 17.9 Å². The van der Waals surface area contributed by atoms with Gasteiger partial charge in [-0.3, -0.25) is 0 Å². The van der Waals surface area contributed by atoms with Crippen LogP contribution in [0.5, 0.6) is 0 Å². The van der Waals surface area contributed by atoms with Crippen LogP contribution >= 0.6 is 11.6 Å². The molecule has 18 heavy (non-hydrogen) atoms. The fourth-order valence-corrected chi connectivity index (χ4v) is 3.16. The van der Waals surface area contributed by atoms with Crippen LogP contribution in [0.15, 0.2) is 23.1 Å². The molecule has 1 aromatic carbocycles. The second-order valence-corrected chi connectivity index (χ2v) is 6.18. The lowest BCUT2D eigenvalue weighted by molar-refractivity contribution is 0.214. The predicted molar refractivity (Wildman–Crippen MR) is 67.7 cm³/mol. The van der Waals surface area contributed by atoms with Crippen molar-refractivity contribution in [2.75, 3.05) is 13.7 Å². The minimum absolute atomic E-state index is 0.00830. The second-order valence-electron chi connectivity index (χ2n) is 3.81. The van der Waals surface area contributed by atoms with Gasteiger partial charge in [0, 0.05) is 13.1 Å². The first-order valence-corrected chi connectivity index (χ1v) is 6.95. The SMILES string of the molecule is CC(CO)N(C)S(=O)(=O)c1ccc(C#N)cc1Cl. The molecule has 0 fully saturated rings. The number of nitrogens with zero attached hydrogens (tertiary/aromatic N) is 2. The van der Waals surface area contributed by atoms with Crippen LogP contribution in [0.3, 0.4) is 0 Å². The summed E-state index contributed by atoms with van der Waals surface area (Å²) in [7, 11) is -2.41. The molecule has 0 amide bonds. The van der Waals surface area contributed by atoms with E-state index >= 15 is 0 Å². The first-order valence-electron chi connectivity index (χ1n) is 5.13. The molecule has 1 aromatic rings. The van der Waals surface area contributed by atoms with Gasteiger partial charge in [-0.25, -0.2) is 8.42 Å². The molecule has 0 radical (unpaired) electrons. The van der Waals surface area contributed by atoms with Gasteiger partial charge in [0.05, 0.1) is 23.3 Å². The molecule has 5 nitrogen and oxygen atoms in total. The van der Waals surface area contributed by atoms with Crippen molar-refractivity contribution < 1.29 is 13.5 Å². The van der Waals surface area contributed by atoms with E-state index in [0.717, 1.165) is 4.31 Å². The lowest BCUT2D eigenvalue weighted by atomic mass is 10.2. The quantitative estimate of drug-likeness (QED) is 0.903.